The molecule has 0 aliphatic heterocycles. The molecule has 0 spiro atoms. The molecule has 11 heavy (non-hydrogen) atoms. The number of thiol groups is 1. The number of nitrogens with zero attached hydrogens (tertiary/aromatic N) is 1. The van der Waals surface area contributed by atoms with Crippen molar-refractivity contribution in [3.05, 3.63) is 23.9 Å². The van der Waals surface area contributed by atoms with Crippen LogP contribution in [0.15, 0.2) is 23.9 Å². The Balaban J connectivity index is 2.72. The Hall–Kier alpha value is -0.370. The van der Waals surface area contributed by atoms with E-state index in [0.29, 0.717) is 11.2 Å². The van der Waals surface area contributed by atoms with Crippen LogP contribution in [0.25, 0.3) is 0 Å². The van der Waals surface area contributed by atoms with Crippen molar-refractivity contribution in [2.45, 2.75) is 12.2 Å². The predicted octanol–water partition coefficient (Wildman–Crippen LogP) is 1.94. The van der Waals surface area contributed by atoms with Gasteiger partial charge in [0.15, 0.2) is 0 Å². The van der Waals surface area contributed by atoms with Crippen LogP contribution in [-0.4, -0.2) is 24.2 Å². The molecular formula is C9H15NS. The maximum absolute atomic E-state index is 4.42. The first-order valence-electron chi connectivity index (χ1n) is 3.86. The summed E-state index contributed by atoms with van der Waals surface area (Å²) in [5.41, 5.74) is 1.28. The summed E-state index contributed by atoms with van der Waals surface area (Å²) in [7, 11) is 4.11. The van der Waals surface area contributed by atoms with E-state index < -0.39 is 0 Å². The normalized spacial score (nSPS) is 30.0. The molecule has 1 aliphatic rings. The molecule has 0 amide bonds. The van der Waals surface area contributed by atoms with Crippen LogP contribution in [0, 0.1) is 5.92 Å². The molecule has 1 nitrogen and oxygen atoms in total. The topological polar surface area (TPSA) is 3.24 Å². The van der Waals surface area contributed by atoms with Gasteiger partial charge in [-0.2, -0.15) is 12.6 Å². The second kappa shape index (κ2) is 3.35. The zero-order chi connectivity index (χ0) is 8.43. The molecule has 0 heterocycles. The number of likely N-dealkylation sites (N-methyl/N-ethyl adjacent to an activating group) is 1. The number of allylic oxidation sites excluding steroid dienone is 2. The van der Waals surface area contributed by atoms with E-state index in [1.54, 1.807) is 0 Å². The molecule has 0 saturated carbocycles. The largest absolute Gasteiger partial charge is 0.378 e. The highest BCUT2D eigenvalue weighted by Gasteiger charge is 2.12. The Morgan fingerprint density at radius 3 is 2.55 bits per heavy atom. The summed E-state index contributed by atoms with van der Waals surface area (Å²) in [6, 6.07) is 0. The Kier molecular flexibility index (Phi) is 2.66. The maximum Gasteiger partial charge on any atom is 0.0320 e. The lowest BCUT2D eigenvalue weighted by atomic mass is 10.0. The van der Waals surface area contributed by atoms with Gasteiger partial charge in [0.25, 0.3) is 0 Å². The fourth-order valence-electron chi connectivity index (χ4n) is 1.09. The Bertz CT molecular complexity index is 194. The van der Waals surface area contributed by atoms with E-state index >= 15 is 0 Å². The second-order valence-corrected chi connectivity index (χ2v) is 3.79. The lowest BCUT2D eigenvalue weighted by Gasteiger charge is -2.22. The monoisotopic (exact) mass is 169 g/mol. The molecule has 0 aromatic carbocycles. The third-order valence-corrected chi connectivity index (χ3v) is 2.60. The molecule has 0 N–H and O–H groups in total. The van der Waals surface area contributed by atoms with Crippen LogP contribution in [0.2, 0.25) is 0 Å². The van der Waals surface area contributed by atoms with E-state index in [1.165, 1.54) is 5.70 Å². The summed E-state index contributed by atoms with van der Waals surface area (Å²) in [5.74, 6) is 0.542. The van der Waals surface area contributed by atoms with E-state index in [1.807, 2.05) is 0 Å². The minimum absolute atomic E-state index is 0.388. The Morgan fingerprint density at radius 1 is 1.45 bits per heavy atom. The molecule has 1 rings (SSSR count). The van der Waals surface area contributed by atoms with Gasteiger partial charge in [-0.3, -0.25) is 0 Å². The lowest BCUT2D eigenvalue weighted by Crippen LogP contribution is -2.17. The van der Waals surface area contributed by atoms with Crippen molar-refractivity contribution < 1.29 is 0 Å². The summed E-state index contributed by atoms with van der Waals surface area (Å²) >= 11 is 4.42. The summed E-state index contributed by atoms with van der Waals surface area (Å²) in [4.78, 5) is 2.12. The molecule has 0 fully saturated rings. The standard InChI is InChI=1S/C9H15NS/c1-7-6-8(10(2)3)4-5-9(7)11/h4-7,9,11H,1-3H3. The molecule has 0 aromatic rings. The summed E-state index contributed by atoms with van der Waals surface area (Å²) in [5, 5.41) is 0.388. The van der Waals surface area contributed by atoms with Crippen LogP contribution < -0.4 is 0 Å². The van der Waals surface area contributed by atoms with Gasteiger partial charge in [-0.05, 0) is 12.0 Å². The Morgan fingerprint density at radius 2 is 2.09 bits per heavy atom. The van der Waals surface area contributed by atoms with E-state index in [4.69, 9.17) is 0 Å². The minimum atomic E-state index is 0.388. The van der Waals surface area contributed by atoms with E-state index in [2.05, 4.69) is 56.8 Å². The van der Waals surface area contributed by atoms with Crippen molar-refractivity contribution >= 4 is 12.6 Å². The van der Waals surface area contributed by atoms with E-state index in [-0.39, 0.29) is 0 Å². The third kappa shape index (κ3) is 2.03. The average Bonchev–Trinajstić information content (AvgIpc) is 1.94. The van der Waals surface area contributed by atoms with Crippen LogP contribution in [-0.2, 0) is 0 Å². The van der Waals surface area contributed by atoms with Gasteiger partial charge in [0.2, 0.25) is 0 Å². The predicted molar refractivity (Wildman–Crippen MR) is 52.8 cm³/mol. The van der Waals surface area contributed by atoms with Crippen LogP contribution in [0.4, 0.5) is 0 Å². The van der Waals surface area contributed by atoms with Gasteiger partial charge in [-0.15, -0.1) is 0 Å². The molecular weight excluding hydrogens is 154 g/mol. The highest BCUT2D eigenvalue weighted by Crippen LogP contribution is 2.21. The van der Waals surface area contributed by atoms with Gasteiger partial charge < -0.3 is 4.90 Å². The van der Waals surface area contributed by atoms with Gasteiger partial charge in [0, 0.05) is 25.0 Å². The molecule has 0 bridgehead atoms. The second-order valence-electron chi connectivity index (χ2n) is 3.19. The SMILES string of the molecule is CC1C=C(N(C)C)C=CC1S. The van der Waals surface area contributed by atoms with Crippen LogP contribution in [0.3, 0.4) is 0 Å². The van der Waals surface area contributed by atoms with Gasteiger partial charge >= 0.3 is 0 Å². The molecule has 0 saturated heterocycles. The molecule has 1 aliphatic carbocycles. The number of hydrogen-bond acceptors (Lipinski definition) is 2. The first-order chi connectivity index (χ1) is 5.11. The van der Waals surface area contributed by atoms with Crippen LogP contribution >= 0.6 is 12.6 Å². The molecule has 0 aromatic heterocycles. The smallest absolute Gasteiger partial charge is 0.0320 e. The minimum Gasteiger partial charge on any atom is -0.378 e. The van der Waals surface area contributed by atoms with Crippen molar-refractivity contribution in [1.29, 1.82) is 0 Å². The van der Waals surface area contributed by atoms with E-state index in [9.17, 15) is 0 Å². The van der Waals surface area contributed by atoms with Crippen molar-refractivity contribution in [3.8, 4) is 0 Å². The van der Waals surface area contributed by atoms with E-state index in [0.717, 1.165) is 0 Å². The molecule has 0 radical (unpaired) electrons. The quantitative estimate of drug-likeness (QED) is 0.587. The maximum atomic E-state index is 4.42. The fourth-order valence-corrected chi connectivity index (χ4v) is 1.27. The van der Waals surface area contributed by atoms with Gasteiger partial charge in [0.1, 0.15) is 0 Å². The number of rotatable bonds is 1. The summed E-state index contributed by atoms with van der Waals surface area (Å²) in [6.07, 6.45) is 6.51. The Labute approximate surface area is 74.2 Å². The molecule has 62 valence electrons. The first kappa shape index (κ1) is 8.72. The third-order valence-electron chi connectivity index (χ3n) is 1.95. The van der Waals surface area contributed by atoms with Gasteiger partial charge in [0.05, 0.1) is 0 Å². The van der Waals surface area contributed by atoms with Crippen molar-refractivity contribution in [3.63, 3.8) is 0 Å². The molecule has 2 heteroatoms. The van der Waals surface area contributed by atoms with Crippen LogP contribution in [0.1, 0.15) is 6.92 Å². The average molecular weight is 169 g/mol. The summed E-state index contributed by atoms with van der Waals surface area (Å²) < 4.78 is 0. The molecule has 2 atom stereocenters. The highest BCUT2D eigenvalue weighted by atomic mass is 32.1. The van der Waals surface area contributed by atoms with Crippen molar-refractivity contribution in [2.24, 2.45) is 5.92 Å². The molecule has 2 unspecified atom stereocenters. The van der Waals surface area contributed by atoms with Crippen molar-refractivity contribution in [2.75, 3.05) is 14.1 Å². The highest BCUT2D eigenvalue weighted by molar-refractivity contribution is 7.81. The summed E-state index contributed by atoms with van der Waals surface area (Å²) in [6.45, 7) is 2.19. The number of hydrogen-bond donors (Lipinski definition) is 1. The van der Waals surface area contributed by atoms with Gasteiger partial charge in [-0.1, -0.05) is 19.1 Å². The fraction of sp³-hybridized carbons (Fsp3) is 0.556. The van der Waals surface area contributed by atoms with Crippen molar-refractivity contribution in [1.82, 2.24) is 4.90 Å². The first-order valence-corrected chi connectivity index (χ1v) is 4.38. The lowest BCUT2D eigenvalue weighted by molar-refractivity contribution is 0.515. The zero-order valence-corrected chi connectivity index (χ0v) is 8.18. The van der Waals surface area contributed by atoms with Gasteiger partial charge in [-0.25, -0.2) is 0 Å². The van der Waals surface area contributed by atoms with Crippen LogP contribution in [0.5, 0.6) is 0 Å². The zero-order valence-electron chi connectivity index (χ0n) is 7.28.